The number of piperidine rings is 1. The van der Waals surface area contributed by atoms with Crippen molar-refractivity contribution in [3.05, 3.63) is 0 Å². The summed E-state index contributed by atoms with van der Waals surface area (Å²) in [7, 11) is 0. The van der Waals surface area contributed by atoms with E-state index in [4.69, 9.17) is 10.5 Å². The summed E-state index contributed by atoms with van der Waals surface area (Å²) in [5.74, 6) is 0. The SMILES string of the molecule is CCN1CCC2(CC1)COC(C)C2N. The molecule has 2 heterocycles. The molecule has 0 bridgehead atoms. The monoisotopic (exact) mass is 198 g/mol. The van der Waals surface area contributed by atoms with Crippen molar-refractivity contribution in [3.8, 4) is 0 Å². The summed E-state index contributed by atoms with van der Waals surface area (Å²) in [4.78, 5) is 2.50. The van der Waals surface area contributed by atoms with Crippen LogP contribution in [0.15, 0.2) is 0 Å². The summed E-state index contributed by atoms with van der Waals surface area (Å²) in [5.41, 5.74) is 6.53. The van der Waals surface area contributed by atoms with Gasteiger partial charge in [0.25, 0.3) is 0 Å². The third-order valence-corrected chi connectivity index (χ3v) is 4.15. The first-order valence-corrected chi connectivity index (χ1v) is 5.77. The van der Waals surface area contributed by atoms with E-state index in [2.05, 4.69) is 18.7 Å². The van der Waals surface area contributed by atoms with Crippen molar-refractivity contribution < 1.29 is 4.74 Å². The maximum atomic E-state index is 6.23. The summed E-state index contributed by atoms with van der Waals surface area (Å²) in [6, 6.07) is 0.251. The van der Waals surface area contributed by atoms with Gasteiger partial charge in [0.1, 0.15) is 0 Å². The number of hydrogen-bond acceptors (Lipinski definition) is 3. The predicted octanol–water partition coefficient (Wildman–Crippen LogP) is 0.835. The van der Waals surface area contributed by atoms with Crippen LogP contribution in [0, 0.1) is 5.41 Å². The highest BCUT2D eigenvalue weighted by Crippen LogP contribution is 2.40. The first-order chi connectivity index (χ1) is 6.68. The van der Waals surface area contributed by atoms with E-state index in [0.717, 1.165) is 6.61 Å². The van der Waals surface area contributed by atoms with Crippen LogP contribution in [-0.2, 0) is 4.74 Å². The molecule has 1 spiro atoms. The second-order valence-corrected chi connectivity index (χ2v) is 4.84. The Morgan fingerprint density at radius 3 is 2.50 bits per heavy atom. The highest BCUT2D eigenvalue weighted by molar-refractivity contribution is 5.00. The summed E-state index contributed by atoms with van der Waals surface area (Å²) >= 11 is 0. The van der Waals surface area contributed by atoms with E-state index < -0.39 is 0 Å². The zero-order chi connectivity index (χ0) is 10.2. The number of nitrogens with two attached hydrogens (primary N) is 1. The minimum atomic E-state index is 0.251. The number of ether oxygens (including phenoxy) is 1. The second kappa shape index (κ2) is 3.80. The molecule has 82 valence electrons. The second-order valence-electron chi connectivity index (χ2n) is 4.84. The fourth-order valence-corrected chi connectivity index (χ4v) is 2.79. The van der Waals surface area contributed by atoms with Gasteiger partial charge in [-0.15, -0.1) is 0 Å². The van der Waals surface area contributed by atoms with Crippen molar-refractivity contribution in [2.75, 3.05) is 26.2 Å². The molecule has 2 aliphatic heterocycles. The molecule has 2 unspecified atom stereocenters. The van der Waals surface area contributed by atoms with E-state index in [-0.39, 0.29) is 12.1 Å². The van der Waals surface area contributed by atoms with Gasteiger partial charge in [-0.2, -0.15) is 0 Å². The van der Waals surface area contributed by atoms with E-state index in [1.807, 2.05) is 0 Å². The maximum absolute atomic E-state index is 6.23. The van der Waals surface area contributed by atoms with Crippen LogP contribution in [0.3, 0.4) is 0 Å². The molecule has 2 N–H and O–H groups in total. The molecule has 0 aromatic heterocycles. The van der Waals surface area contributed by atoms with Crippen LogP contribution in [0.25, 0.3) is 0 Å². The summed E-state index contributed by atoms with van der Waals surface area (Å²) in [5, 5.41) is 0. The fraction of sp³-hybridized carbons (Fsp3) is 1.00. The van der Waals surface area contributed by atoms with Crippen LogP contribution in [0.2, 0.25) is 0 Å². The highest BCUT2D eigenvalue weighted by atomic mass is 16.5. The molecule has 2 rings (SSSR count). The van der Waals surface area contributed by atoms with Gasteiger partial charge in [0.2, 0.25) is 0 Å². The zero-order valence-corrected chi connectivity index (χ0v) is 9.33. The van der Waals surface area contributed by atoms with Crippen LogP contribution in [0.4, 0.5) is 0 Å². The molecule has 14 heavy (non-hydrogen) atoms. The lowest BCUT2D eigenvalue weighted by Gasteiger charge is -2.40. The smallest absolute Gasteiger partial charge is 0.0704 e. The van der Waals surface area contributed by atoms with Crippen LogP contribution in [0.1, 0.15) is 26.7 Å². The van der Waals surface area contributed by atoms with Crippen molar-refractivity contribution in [2.24, 2.45) is 11.1 Å². The van der Waals surface area contributed by atoms with Gasteiger partial charge in [-0.05, 0) is 39.4 Å². The molecular weight excluding hydrogens is 176 g/mol. The Morgan fingerprint density at radius 2 is 2.07 bits per heavy atom. The van der Waals surface area contributed by atoms with E-state index in [0.29, 0.717) is 5.41 Å². The van der Waals surface area contributed by atoms with Gasteiger partial charge in [0, 0.05) is 11.5 Å². The van der Waals surface area contributed by atoms with Crippen molar-refractivity contribution in [2.45, 2.75) is 38.8 Å². The predicted molar refractivity (Wildman–Crippen MR) is 57.2 cm³/mol. The number of rotatable bonds is 1. The van der Waals surface area contributed by atoms with Crippen molar-refractivity contribution in [1.82, 2.24) is 4.90 Å². The largest absolute Gasteiger partial charge is 0.376 e. The Labute approximate surface area is 86.6 Å². The standard InChI is InChI=1S/C11H22N2O/c1-3-13-6-4-11(5-7-13)8-14-9(2)10(11)12/h9-10H,3-8,12H2,1-2H3. The van der Waals surface area contributed by atoms with Gasteiger partial charge in [0.05, 0.1) is 12.7 Å². The highest BCUT2D eigenvalue weighted by Gasteiger charge is 2.47. The van der Waals surface area contributed by atoms with Gasteiger partial charge < -0.3 is 15.4 Å². The number of hydrogen-bond donors (Lipinski definition) is 1. The Kier molecular flexibility index (Phi) is 2.82. The summed E-state index contributed by atoms with van der Waals surface area (Å²) < 4.78 is 5.68. The van der Waals surface area contributed by atoms with Gasteiger partial charge in [-0.3, -0.25) is 0 Å². The lowest BCUT2D eigenvalue weighted by atomic mass is 9.73. The van der Waals surface area contributed by atoms with Gasteiger partial charge in [-0.1, -0.05) is 6.92 Å². The fourth-order valence-electron chi connectivity index (χ4n) is 2.79. The molecule has 3 nitrogen and oxygen atoms in total. The Balaban J connectivity index is 1.99. The van der Waals surface area contributed by atoms with E-state index in [1.165, 1.54) is 32.5 Å². The molecule has 3 heteroatoms. The Bertz CT molecular complexity index is 199. The molecule has 0 aromatic carbocycles. The van der Waals surface area contributed by atoms with Crippen LogP contribution >= 0.6 is 0 Å². The number of nitrogens with zero attached hydrogens (tertiary/aromatic N) is 1. The van der Waals surface area contributed by atoms with Gasteiger partial charge in [-0.25, -0.2) is 0 Å². The normalized spacial score (nSPS) is 37.9. The number of likely N-dealkylation sites (tertiary alicyclic amines) is 1. The Morgan fingerprint density at radius 1 is 1.43 bits per heavy atom. The Hall–Kier alpha value is -0.120. The molecule has 2 fully saturated rings. The van der Waals surface area contributed by atoms with Crippen molar-refractivity contribution in [1.29, 1.82) is 0 Å². The van der Waals surface area contributed by atoms with Gasteiger partial charge in [0.15, 0.2) is 0 Å². The molecule has 0 aromatic rings. The van der Waals surface area contributed by atoms with Crippen molar-refractivity contribution in [3.63, 3.8) is 0 Å². The first-order valence-electron chi connectivity index (χ1n) is 5.77. The van der Waals surface area contributed by atoms with E-state index in [9.17, 15) is 0 Å². The lowest BCUT2D eigenvalue weighted by Crippen LogP contribution is -2.50. The topological polar surface area (TPSA) is 38.5 Å². The van der Waals surface area contributed by atoms with Crippen LogP contribution in [0.5, 0.6) is 0 Å². The lowest BCUT2D eigenvalue weighted by molar-refractivity contribution is 0.0695. The first kappa shape index (κ1) is 10.4. The minimum absolute atomic E-state index is 0.251. The van der Waals surface area contributed by atoms with E-state index >= 15 is 0 Å². The molecule has 0 radical (unpaired) electrons. The van der Waals surface area contributed by atoms with E-state index in [1.54, 1.807) is 0 Å². The molecule has 2 saturated heterocycles. The quantitative estimate of drug-likeness (QED) is 0.678. The third kappa shape index (κ3) is 1.58. The maximum Gasteiger partial charge on any atom is 0.0704 e. The average Bonchev–Trinajstić information content (AvgIpc) is 2.49. The third-order valence-electron chi connectivity index (χ3n) is 4.15. The summed E-state index contributed by atoms with van der Waals surface area (Å²) in [6.45, 7) is 8.77. The van der Waals surface area contributed by atoms with Crippen LogP contribution < -0.4 is 5.73 Å². The molecule has 0 saturated carbocycles. The van der Waals surface area contributed by atoms with Crippen molar-refractivity contribution >= 4 is 0 Å². The molecular formula is C11H22N2O. The summed E-state index contributed by atoms with van der Waals surface area (Å²) in [6.07, 6.45) is 2.68. The molecule has 0 amide bonds. The van der Waals surface area contributed by atoms with Crippen LogP contribution in [-0.4, -0.2) is 43.3 Å². The van der Waals surface area contributed by atoms with Gasteiger partial charge >= 0.3 is 0 Å². The molecule has 0 aliphatic carbocycles. The zero-order valence-electron chi connectivity index (χ0n) is 9.33. The molecule has 2 atom stereocenters. The minimum Gasteiger partial charge on any atom is -0.376 e. The molecule has 2 aliphatic rings. The average molecular weight is 198 g/mol.